The summed E-state index contributed by atoms with van der Waals surface area (Å²) in [5.74, 6) is -1.94. The number of rotatable bonds is 6. The van der Waals surface area contributed by atoms with Gasteiger partial charge < -0.3 is 19.6 Å². The largest absolute Gasteiger partial charge is 0.477 e. The van der Waals surface area contributed by atoms with Gasteiger partial charge in [-0.05, 0) is 12.1 Å². The van der Waals surface area contributed by atoms with Crippen LogP contribution in [0.15, 0.2) is 34.1 Å². The number of β-lactam (4-membered cyclic amide) rings is 1. The normalized spacial score (nSPS) is 21.7. The van der Waals surface area contributed by atoms with Gasteiger partial charge in [-0.15, -0.1) is 11.8 Å². The number of nitrogens with zero attached hydrogens (tertiary/aromatic N) is 1. The lowest BCUT2D eigenvalue weighted by Crippen LogP contribution is -2.70. The number of carboxylic acid groups (broad SMARTS) is 1. The summed E-state index contributed by atoms with van der Waals surface area (Å²) in [7, 11) is 0. The zero-order chi connectivity index (χ0) is 18.8. The fourth-order valence-corrected chi connectivity index (χ4v) is 4.11. The first kappa shape index (κ1) is 18.1. The minimum atomic E-state index is -1.27. The molecule has 1 saturated heterocycles. The molecule has 0 spiro atoms. The van der Waals surface area contributed by atoms with Crippen molar-refractivity contribution >= 4 is 35.5 Å². The molecule has 0 bridgehead atoms. The highest BCUT2D eigenvalue weighted by atomic mass is 32.2. The second kappa shape index (κ2) is 7.24. The fourth-order valence-electron chi connectivity index (χ4n) is 2.78. The Balaban J connectivity index is 1.69. The van der Waals surface area contributed by atoms with Crippen LogP contribution in [0, 0.1) is 0 Å². The van der Waals surface area contributed by atoms with E-state index in [2.05, 4.69) is 5.32 Å². The summed E-state index contributed by atoms with van der Waals surface area (Å²) < 4.78 is 9.95. The molecule has 0 aromatic carbocycles. The van der Waals surface area contributed by atoms with E-state index in [4.69, 9.17) is 9.15 Å². The van der Waals surface area contributed by atoms with Crippen LogP contribution in [0.1, 0.15) is 12.7 Å². The van der Waals surface area contributed by atoms with Crippen LogP contribution >= 0.6 is 11.8 Å². The zero-order valence-corrected chi connectivity index (χ0v) is 14.6. The van der Waals surface area contributed by atoms with E-state index < -0.39 is 29.3 Å². The molecule has 2 N–H and O–H groups in total. The average Bonchev–Trinajstić information content (AvgIpc) is 3.09. The molecule has 26 heavy (non-hydrogen) atoms. The molecule has 1 aromatic rings. The first-order chi connectivity index (χ1) is 12.4. The van der Waals surface area contributed by atoms with Gasteiger partial charge in [0.1, 0.15) is 29.5 Å². The lowest BCUT2D eigenvalue weighted by atomic mass is 10.0. The van der Waals surface area contributed by atoms with E-state index in [1.54, 1.807) is 12.1 Å². The summed E-state index contributed by atoms with van der Waals surface area (Å²) in [5.41, 5.74) is 0.166. The van der Waals surface area contributed by atoms with Gasteiger partial charge in [0.2, 0.25) is 5.91 Å². The molecule has 2 amide bonds. The predicted octanol–water partition coefficient (Wildman–Crippen LogP) is 0.124. The van der Waals surface area contributed by atoms with Crippen molar-refractivity contribution in [1.82, 2.24) is 10.2 Å². The highest BCUT2D eigenvalue weighted by molar-refractivity contribution is 8.00. The van der Waals surface area contributed by atoms with E-state index >= 15 is 0 Å². The molecule has 1 fully saturated rings. The number of furan rings is 1. The van der Waals surface area contributed by atoms with Crippen LogP contribution < -0.4 is 5.32 Å². The maximum atomic E-state index is 12.4. The van der Waals surface area contributed by atoms with Crippen LogP contribution in [-0.4, -0.2) is 57.5 Å². The number of hydrogen-bond donors (Lipinski definition) is 2. The van der Waals surface area contributed by atoms with Gasteiger partial charge in [0, 0.05) is 18.2 Å². The molecule has 9 nitrogen and oxygen atoms in total. The van der Waals surface area contributed by atoms with E-state index in [-0.39, 0.29) is 30.4 Å². The SMILES string of the molecule is CC(=O)OCC1=C(C(=O)O)N2C(=O)C(NC(=O)Cc3ccco3)[C@@H]2SC1. The van der Waals surface area contributed by atoms with Crippen molar-refractivity contribution < 1.29 is 33.4 Å². The van der Waals surface area contributed by atoms with Crippen LogP contribution in [0.25, 0.3) is 0 Å². The summed E-state index contributed by atoms with van der Waals surface area (Å²) in [6.45, 7) is 1.04. The first-order valence-corrected chi connectivity index (χ1v) is 8.78. The third-order valence-electron chi connectivity index (χ3n) is 3.93. The highest BCUT2D eigenvalue weighted by Crippen LogP contribution is 2.40. The zero-order valence-electron chi connectivity index (χ0n) is 13.8. The molecule has 0 saturated carbocycles. The monoisotopic (exact) mass is 380 g/mol. The molecule has 2 atom stereocenters. The van der Waals surface area contributed by atoms with Gasteiger partial charge in [-0.2, -0.15) is 0 Å². The highest BCUT2D eigenvalue weighted by Gasteiger charge is 2.54. The van der Waals surface area contributed by atoms with Crippen LogP contribution in [0.3, 0.4) is 0 Å². The molecule has 10 heteroatoms. The molecule has 2 aliphatic heterocycles. The summed E-state index contributed by atoms with van der Waals surface area (Å²) >= 11 is 1.31. The van der Waals surface area contributed by atoms with Gasteiger partial charge in [-0.25, -0.2) is 4.79 Å². The lowest BCUT2D eigenvalue weighted by molar-refractivity contribution is -0.151. The topological polar surface area (TPSA) is 126 Å². The first-order valence-electron chi connectivity index (χ1n) is 7.73. The summed E-state index contributed by atoms with van der Waals surface area (Å²) in [6.07, 6.45) is 1.44. The van der Waals surface area contributed by atoms with Gasteiger partial charge in [0.05, 0.1) is 12.7 Å². The number of carbonyl (C=O) groups excluding carboxylic acids is 3. The summed E-state index contributed by atoms with van der Waals surface area (Å²) in [4.78, 5) is 48.1. The van der Waals surface area contributed by atoms with Crippen LogP contribution in [-0.2, 0) is 30.3 Å². The molecule has 3 rings (SSSR count). The van der Waals surface area contributed by atoms with Crippen LogP contribution in [0.4, 0.5) is 0 Å². The van der Waals surface area contributed by atoms with Crippen molar-refractivity contribution in [3.63, 3.8) is 0 Å². The Labute approximate surface area is 152 Å². The fraction of sp³-hybridized carbons (Fsp3) is 0.375. The van der Waals surface area contributed by atoms with E-state index in [1.165, 1.54) is 24.9 Å². The van der Waals surface area contributed by atoms with Gasteiger partial charge in [-0.3, -0.25) is 19.3 Å². The predicted molar refractivity (Wildman–Crippen MR) is 88.7 cm³/mol. The number of ether oxygens (including phenoxy) is 1. The maximum Gasteiger partial charge on any atom is 0.352 e. The Morgan fingerprint density at radius 2 is 2.23 bits per heavy atom. The Bertz CT molecular complexity index is 787. The second-order valence-corrected chi connectivity index (χ2v) is 6.85. The summed E-state index contributed by atoms with van der Waals surface area (Å²) in [6, 6.07) is 2.51. The minimum Gasteiger partial charge on any atom is -0.477 e. The van der Waals surface area contributed by atoms with Crippen molar-refractivity contribution in [2.45, 2.75) is 24.8 Å². The second-order valence-electron chi connectivity index (χ2n) is 5.75. The Kier molecular flexibility index (Phi) is 5.03. The van der Waals surface area contributed by atoms with Crippen molar-refractivity contribution in [2.75, 3.05) is 12.4 Å². The quantitative estimate of drug-likeness (QED) is 0.527. The molecule has 2 aliphatic rings. The molecule has 1 aromatic heterocycles. The number of esters is 1. The molecule has 138 valence electrons. The van der Waals surface area contributed by atoms with Gasteiger partial charge in [0.15, 0.2) is 0 Å². The van der Waals surface area contributed by atoms with Crippen molar-refractivity contribution in [3.05, 3.63) is 35.4 Å². The van der Waals surface area contributed by atoms with Crippen molar-refractivity contribution in [2.24, 2.45) is 0 Å². The third-order valence-corrected chi connectivity index (χ3v) is 5.27. The maximum absolute atomic E-state index is 12.4. The van der Waals surface area contributed by atoms with E-state index in [0.717, 1.165) is 4.90 Å². The van der Waals surface area contributed by atoms with E-state index in [0.29, 0.717) is 11.3 Å². The van der Waals surface area contributed by atoms with Gasteiger partial charge >= 0.3 is 11.9 Å². The number of hydrogen-bond acceptors (Lipinski definition) is 7. The van der Waals surface area contributed by atoms with E-state index in [1.807, 2.05) is 0 Å². The van der Waals surface area contributed by atoms with E-state index in [9.17, 15) is 24.3 Å². The number of aliphatic carboxylic acids is 1. The molecule has 0 aliphatic carbocycles. The smallest absolute Gasteiger partial charge is 0.352 e. The van der Waals surface area contributed by atoms with Crippen molar-refractivity contribution in [3.8, 4) is 0 Å². The van der Waals surface area contributed by atoms with Gasteiger partial charge in [0.25, 0.3) is 5.91 Å². The standard InChI is InChI=1S/C16H16N2O7S/c1-8(19)25-6-9-7-26-15-12(14(21)18(15)13(9)16(22)23)17-11(20)5-10-3-2-4-24-10/h2-4,12,15H,5-7H2,1H3,(H,17,20)(H,22,23)/t12?,15-/m0/s1. The van der Waals surface area contributed by atoms with Crippen LogP contribution in [0.5, 0.6) is 0 Å². The number of amides is 2. The third kappa shape index (κ3) is 3.45. The molecule has 3 heterocycles. The Morgan fingerprint density at radius 3 is 2.85 bits per heavy atom. The van der Waals surface area contributed by atoms with Crippen molar-refractivity contribution in [1.29, 1.82) is 0 Å². The Hall–Kier alpha value is -2.75. The molecular formula is C16H16N2O7S. The number of carbonyl (C=O) groups is 4. The number of nitrogens with one attached hydrogen (secondary N) is 1. The number of carboxylic acids is 1. The minimum absolute atomic E-state index is 0.00645. The Morgan fingerprint density at radius 1 is 1.46 bits per heavy atom. The summed E-state index contributed by atoms with van der Waals surface area (Å²) in [5, 5.41) is 11.6. The number of fused-ring (bicyclic) bond motifs is 1. The van der Waals surface area contributed by atoms with Crippen LogP contribution in [0.2, 0.25) is 0 Å². The molecule has 0 radical (unpaired) electrons. The lowest BCUT2D eigenvalue weighted by Gasteiger charge is -2.49. The van der Waals surface area contributed by atoms with Gasteiger partial charge in [-0.1, -0.05) is 0 Å². The number of thioether (sulfide) groups is 1. The average molecular weight is 380 g/mol. The molecule has 1 unspecified atom stereocenters. The molecular weight excluding hydrogens is 364 g/mol.